The van der Waals surface area contributed by atoms with Gasteiger partial charge in [0.1, 0.15) is 0 Å². The summed E-state index contributed by atoms with van der Waals surface area (Å²) >= 11 is 0. The molecule has 0 bridgehead atoms. The molecule has 0 aromatic rings. The molecular formula is C10H12. The number of hydrogen-bond donors (Lipinski definition) is 0. The van der Waals surface area contributed by atoms with Gasteiger partial charge >= 0.3 is 0 Å². The maximum Gasteiger partial charge on any atom is -0.0257 e. The predicted octanol–water partition coefficient (Wildman–Crippen LogP) is 3.01. The van der Waals surface area contributed by atoms with Crippen molar-refractivity contribution >= 4 is 0 Å². The van der Waals surface area contributed by atoms with Crippen LogP contribution in [0.3, 0.4) is 0 Å². The summed E-state index contributed by atoms with van der Waals surface area (Å²) < 4.78 is 0. The maximum atomic E-state index is 2.12. The normalized spacial score (nSPS) is 14.0. The summed E-state index contributed by atoms with van der Waals surface area (Å²) in [4.78, 5) is 0. The summed E-state index contributed by atoms with van der Waals surface area (Å²) in [5.41, 5.74) is 2.61. The molecule has 0 nitrogen and oxygen atoms in total. The van der Waals surface area contributed by atoms with Gasteiger partial charge in [0.2, 0.25) is 0 Å². The Morgan fingerprint density at radius 3 is 2.30 bits per heavy atom. The van der Waals surface area contributed by atoms with Crippen molar-refractivity contribution in [1.29, 1.82) is 0 Å². The number of rotatable bonds is 1. The van der Waals surface area contributed by atoms with Crippen molar-refractivity contribution in [2.45, 2.75) is 13.8 Å². The summed E-state index contributed by atoms with van der Waals surface area (Å²) in [5.74, 6) is 0. The highest BCUT2D eigenvalue weighted by Crippen LogP contribution is 2.07. The second-order valence-electron chi connectivity index (χ2n) is 2.63. The van der Waals surface area contributed by atoms with E-state index in [9.17, 15) is 0 Å². The van der Waals surface area contributed by atoms with Crippen LogP contribution in [-0.2, 0) is 0 Å². The molecule has 0 N–H and O–H groups in total. The van der Waals surface area contributed by atoms with Gasteiger partial charge in [-0.3, -0.25) is 0 Å². The molecule has 0 aromatic heterocycles. The second-order valence-corrected chi connectivity index (χ2v) is 2.63. The summed E-state index contributed by atoms with van der Waals surface area (Å²) in [6, 6.07) is 0. The van der Waals surface area contributed by atoms with Crippen molar-refractivity contribution < 1.29 is 0 Å². The third kappa shape index (κ3) is 2.06. The molecule has 0 aliphatic heterocycles. The fourth-order valence-electron chi connectivity index (χ4n) is 0.763. The largest absolute Gasteiger partial charge is 0.0764 e. The zero-order chi connectivity index (χ0) is 7.40. The lowest BCUT2D eigenvalue weighted by Crippen LogP contribution is -1.65. The van der Waals surface area contributed by atoms with Crippen molar-refractivity contribution in [2.75, 3.05) is 0 Å². The Bertz CT molecular complexity index is 206. The minimum Gasteiger partial charge on any atom is -0.0764 e. The van der Waals surface area contributed by atoms with Gasteiger partial charge < -0.3 is 0 Å². The van der Waals surface area contributed by atoms with Crippen molar-refractivity contribution in [1.82, 2.24) is 0 Å². The standard InChI is InChI=1S/C10H12/c1-9(2)7-8-10-5-3-4-6-10/h3-8H,1-2H3. The van der Waals surface area contributed by atoms with Crippen LogP contribution >= 0.6 is 0 Å². The van der Waals surface area contributed by atoms with Gasteiger partial charge in [0.25, 0.3) is 0 Å². The molecule has 0 aromatic carbocycles. The lowest BCUT2D eigenvalue weighted by atomic mass is 10.2. The lowest BCUT2D eigenvalue weighted by molar-refractivity contribution is 1.39. The zero-order valence-corrected chi connectivity index (χ0v) is 6.46. The smallest absolute Gasteiger partial charge is 0.0257 e. The van der Waals surface area contributed by atoms with Crippen LogP contribution in [0.1, 0.15) is 13.8 Å². The molecule has 0 saturated carbocycles. The first kappa shape index (κ1) is 7.07. The first-order chi connectivity index (χ1) is 4.79. The monoisotopic (exact) mass is 132 g/mol. The van der Waals surface area contributed by atoms with Crippen molar-refractivity contribution in [3.05, 3.63) is 47.6 Å². The van der Waals surface area contributed by atoms with Gasteiger partial charge in [0.05, 0.1) is 0 Å². The summed E-state index contributed by atoms with van der Waals surface area (Å²) in [6.07, 6.45) is 12.5. The molecule has 0 spiro atoms. The van der Waals surface area contributed by atoms with E-state index in [0.717, 1.165) is 0 Å². The molecule has 1 aliphatic rings. The highest BCUT2D eigenvalue weighted by Gasteiger charge is 1.86. The van der Waals surface area contributed by atoms with Crippen molar-refractivity contribution in [3.8, 4) is 0 Å². The second kappa shape index (κ2) is 3.21. The number of allylic oxidation sites excluding steroid dienone is 8. The van der Waals surface area contributed by atoms with Gasteiger partial charge in [-0.2, -0.15) is 0 Å². The summed E-state index contributed by atoms with van der Waals surface area (Å²) in [7, 11) is 0. The Hall–Kier alpha value is -1.04. The van der Waals surface area contributed by atoms with Crippen LogP contribution in [-0.4, -0.2) is 0 Å². The molecule has 0 saturated heterocycles. The van der Waals surface area contributed by atoms with E-state index in [2.05, 4.69) is 38.2 Å². The molecule has 0 unspecified atom stereocenters. The lowest BCUT2D eigenvalue weighted by Gasteiger charge is -1.85. The molecule has 0 amide bonds. The van der Waals surface area contributed by atoms with Crippen LogP contribution in [0.2, 0.25) is 0 Å². The molecule has 10 heavy (non-hydrogen) atoms. The molecule has 0 heteroatoms. The van der Waals surface area contributed by atoms with Gasteiger partial charge in [-0.05, 0) is 19.4 Å². The third-order valence-electron chi connectivity index (χ3n) is 1.30. The predicted molar refractivity (Wildman–Crippen MR) is 45.8 cm³/mol. The molecule has 1 rings (SSSR count). The average Bonchev–Trinajstić information content (AvgIpc) is 2.34. The van der Waals surface area contributed by atoms with E-state index in [1.165, 1.54) is 11.1 Å². The molecule has 0 fully saturated rings. The molecule has 1 aliphatic carbocycles. The van der Waals surface area contributed by atoms with Gasteiger partial charge in [0, 0.05) is 0 Å². The van der Waals surface area contributed by atoms with Crippen LogP contribution in [0.15, 0.2) is 47.6 Å². The number of hydrogen-bond acceptors (Lipinski definition) is 0. The van der Waals surface area contributed by atoms with Crippen molar-refractivity contribution in [2.24, 2.45) is 0 Å². The first-order valence-electron chi connectivity index (χ1n) is 3.49. The van der Waals surface area contributed by atoms with Gasteiger partial charge in [-0.1, -0.05) is 42.0 Å². The van der Waals surface area contributed by atoms with Gasteiger partial charge in [0.15, 0.2) is 0 Å². The minimum atomic E-state index is 1.28. The molecule has 0 atom stereocenters. The highest BCUT2D eigenvalue weighted by atomic mass is 13.9. The zero-order valence-electron chi connectivity index (χ0n) is 6.46. The molecule has 52 valence electrons. The van der Waals surface area contributed by atoms with E-state index in [1.54, 1.807) is 0 Å². The van der Waals surface area contributed by atoms with Gasteiger partial charge in [-0.15, -0.1) is 0 Å². The SMILES string of the molecule is CC(C)=CC=C1C=CC=C1. The summed E-state index contributed by atoms with van der Waals surface area (Å²) in [6.45, 7) is 4.19. The van der Waals surface area contributed by atoms with E-state index in [1.807, 2.05) is 12.2 Å². The Balaban J connectivity index is 2.65. The Morgan fingerprint density at radius 1 is 1.20 bits per heavy atom. The Labute approximate surface area is 62.3 Å². The molecule has 0 radical (unpaired) electrons. The topological polar surface area (TPSA) is 0 Å². The molecular weight excluding hydrogens is 120 g/mol. The average molecular weight is 132 g/mol. The summed E-state index contributed by atoms with van der Waals surface area (Å²) in [5, 5.41) is 0. The van der Waals surface area contributed by atoms with Gasteiger partial charge in [-0.25, -0.2) is 0 Å². The highest BCUT2D eigenvalue weighted by molar-refractivity contribution is 5.42. The Kier molecular flexibility index (Phi) is 2.27. The molecule has 0 heterocycles. The van der Waals surface area contributed by atoms with Crippen LogP contribution in [0.5, 0.6) is 0 Å². The third-order valence-corrected chi connectivity index (χ3v) is 1.30. The van der Waals surface area contributed by atoms with Crippen LogP contribution in [0.4, 0.5) is 0 Å². The fourth-order valence-corrected chi connectivity index (χ4v) is 0.763. The minimum absolute atomic E-state index is 1.28. The quantitative estimate of drug-likeness (QED) is 0.514. The van der Waals surface area contributed by atoms with E-state index < -0.39 is 0 Å². The van der Waals surface area contributed by atoms with Crippen molar-refractivity contribution in [3.63, 3.8) is 0 Å². The fraction of sp³-hybridized carbons (Fsp3) is 0.200. The van der Waals surface area contributed by atoms with Crippen LogP contribution in [0.25, 0.3) is 0 Å². The van der Waals surface area contributed by atoms with E-state index in [-0.39, 0.29) is 0 Å². The van der Waals surface area contributed by atoms with E-state index in [0.29, 0.717) is 0 Å². The maximum absolute atomic E-state index is 2.12. The Morgan fingerprint density at radius 2 is 1.80 bits per heavy atom. The first-order valence-corrected chi connectivity index (χ1v) is 3.49. The van der Waals surface area contributed by atoms with Crippen LogP contribution in [0, 0.1) is 0 Å². The van der Waals surface area contributed by atoms with Crippen LogP contribution < -0.4 is 0 Å². The van der Waals surface area contributed by atoms with E-state index in [4.69, 9.17) is 0 Å². The van der Waals surface area contributed by atoms with E-state index >= 15 is 0 Å².